The molecule has 0 bridgehead atoms. The fraction of sp³-hybridized carbons (Fsp3) is 0.360. The van der Waals surface area contributed by atoms with Crippen molar-refractivity contribution in [1.82, 2.24) is 9.80 Å². The summed E-state index contributed by atoms with van der Waals surface area (Å²) in [4.78, 5) is 16.9. The minimum Gasteiger partial charge on any atom is -0.354 e. The number of benzene rings is 2. The Morgan fingerprint density at radius 2 is 1.56 bits per heavy atom. The quantitative estimate of drug-likeness (QED) is 0.367. The Morgan fingerprint density at radius 1 is 0.971 bits per heavy atom. The summed E-state index contributed by atoms with van der Waals surface area (Å²) < 4.78 is 39.1. The van der Waals surface area contributed by atoms with E-state index in [-0.39, 0.29) is 11.6 Å². The third-order valence-corrected chi connectivity index (χ3v) is 5.76. The molecule has 0 aliphatic heterocycles. The molecule has 0 spiro atoms. The molecule has 2 aromatic carbocycles. The molecule has 0 aromatic heterocycles. The van der Waals surface area contributed by atoms with E-state index in [1.807, 2.05) is 6.92 Å². The number of likely N-dealkylation sites (N-methyl/N-ethyl adjacent to an activating group) is 2. The normalized spacial score (nSPS) is 12.1. The Bertz CT molecular complexity index is 1000. The Kier molecular flexibility index (Phi) is 10.1. The van der Waals surface area contributed by atoms with Gasteiger partial charge < -0.3 is 15.1 Å². The van der Waals surface area contributed by atoms with E-state index in [0.717, 1.165) is 19.6 Å². The van der Waals surface area contributed by atoms with E-state index in [2.05, 4.69) is 24.1 Å². The second-order valence-corrected chi connectivity index (χ2v) is 7.97. The summed E-state index contributed by atoms with van der Waals surface area (Å²) >= 11 is 6.15. The maximum absolute atomic E-state index is 13.0. The van der Waals surface area contributed by atoms with Crippen LogP contribution in [0.5, 0.6) is 0 Å². The molecule has 0 aliphatic carbocycles. The van der Waals surface area contributed by atoms with Crippen molar-refractivity contribution < 1.29 is 18.0 Å². The molecule has 2 N–H and O–H groups in total. The second kappa shape index (κ2) is 12.6. The van der Waals surface area contributed by atoms with Gasteiger partial charge in [-0.1, -0.05) is 49.7 Å². The van der Waals surface area contributed by atoms with E-state index in [1.54, 1.807) is 53.4 Å². The number of anilines is 1. The van der Waals surface area contributed by atoms with Gasteiger partial charge in [0, 0.05) is 30.9 Å². The highest BCUT2D eigenvalue weighted by molar-refractivity contribution is 6.33. The third kappa shape index (κ3) is 7.60. The van der Waals surface area contributed by atoms with Gasteiger partial charge in [-0.05, 0) is 55.9 Å². The summed E-state index contributed by atoms with van der Waals surface area (Å²) in [5.74, 6) is -0.145. The van der Waals surface area contributed by atoms with Gasteiger partial charge in [-0.3, -0.25) is 10.2 Å². The van der Waals surface area contributed by atoms with Crippen molar-refractivity contribution in [3.05, 3.63) is 70.8 Å². The SMILES string of the molecule is CCN(CC)CCN(CC)C(=O)c1ccc(/C(=C/C(=N)C(F)(F)F)Nc2ccccc2Cl)cc1. The van der Waals surface area contributed by atoms with E-state index < -0.39 is 11.9 Å². The van der Waals surface area contributed by atoms with E-state index in [0.29, 0.717) is 41.0 Å². The first-order chi connectivity index (χ1) is 16.1. The molecule has 0 saturated heterocycles. The van der Waals surface area contributed by atoms with Gasteiger partial charge in [0.25, 0.3) is 5.91 Å². The van der Waals surface area contributed by atoms with E-state index in [4.69, 9.17) is 17.0 Å². The van der Waals surface area contributed by atoms with Gasteiger partial charge in [-0.25, -0.2) is 0 Å². The largest absolute Gasteiger partial charge is 0.432 e. The standard InChI is InChI=1S/C25H30ClF3N4O/c1-4-32(5-2)15-16-33(6-3)24(34)19-13-11-18(12-14-19)22(17-23(30)25(27,28)29)31-21-10-8-7-9-20(21)26/h7-14,17,30-31H,4-6,15-16H2,1-3H3/b22-17-,30-23?. The van der Waals surface area contributed by atoms with Crippen LogP contribution in [-0.4, -0.2) is 60.3 Å². The Hall–Kier alpha value is -2.84. The number of nitrogens with one attached hydrogen (secondary N) is 2. The summed E-state index contributed by atoms with van der Waals surface area (Å²) in [6.07, 6.45) is -4.08. The lowest BCUT2D eigenvalue weighted by Crippen LogP contribution is -2.38. The number of halogens is 4. The average Bonchev–Trinajstić information content (AvgIpc) is 2.82. The number of carbonyl (C=O) groups is 1. The molecule has 0 heterocycles. The monoisotopic (exact) mass is 494 g/mol. The van der Waals surface area contributed by atoms with Crippen molar-refractivity contribution in [3.8, 4) is 0 Å². The maximum Gasteiger partial charge on any atom is 0.432 e. The Labute approximate surface area is 203 Å². The molecular formula is C25H30ClF3N4O. The molecule has 0 atom stereocenters. The molecule has 1 amide bonds. The van der Waals surface area contributed by atoms with E-state index in [9.17, 15) is 18.0 Å². The number of alkyl halides is 3. The third-order valence-electron chi connectivity index (χ3n) is 5.43. The van der Waals surface area contributed by atoms with Crippen LogP contribution in [0.15, 0.2) is 54.6 Å². The number of hydrogen-bond donors (Lipinski definition) is 2. The molecule has 2 aromatic rings. The molecule has 0 aliphatic rings. The molecule has 34 heavy (non-hydrogen) atoms. The van der Waals surface area contributed by atoms with Gasteiger partial charge in [0.1, 0.15) is 5.71 Å². The van der Waals surface area contributed by atoms with Crippen molar-refractivity contribution in [2.75, 3.05) is 38.0 Å². The summed E-state index contributed by atoms with van der Waals surface area (Å²) in [7, 11) is 0. The zero-order valence-electron chi connectivity index (χ0n) is 19.5. The zero-order valence-corrected chi connectivity index (χ0v) is 20.3. The van der Waals surface area contributed by atoms with E-state index >= 15 is 0 Å². The summed E-state index contributed by atoms with van der Waals surface area (Å²) in [5, 5.41) is 10.6. The average molecular weight is 495 g/mol. The first kappa shape index (κ1) is 27.4. The summed E-state index contributed by atoms with van der Waals surface area (Å²) in [6.45, 7) is 9.74. The second-order valence-electron chi connectivity index (χ2n) is 7.56. The van der Waals surface area contributed by atoms with Gasteiger partial charge in [0.05, 0.1) is 10.7 Å². The van der Waals surface area contributed by atoms with Gasteiger partial charge in [-0.15, -0.1) is 0 Å². The smallest absolute Gasteiger partial charge is 0.354 e. The van der Waals surface area contributed by atoms with E-state index in [1.165, 1.54) is 0 Å². The molecule has 184 valence electrons. The number of carbonyl (C=O) groups excluding carboxylic acids is 1. The fourth-order valence-corrected chi connectivity index (χ4v) is 3.49. The first-order valence-electron chi connectivity index (χ1n) is 11.1. The van der Waals surface area contributed by atoms with Crippen LogP contribution < -0.4 is 5.32 Å². The van der Waals surface area contributed by atoms with Crippen LogP contribution in [0, 0.1) is 5.41 Å². The van der Waals surface area contributed by atoms with Crippen LogP contribution in [0.3, 0.4) is 0 Å². The highest BCUT2D eigenvalue weighted by Crippen LogP contribution is 2.27. The van der Waals surface area contributed by atoms with Crippen LogP contribution in [0.4, 0.5) is 18.9 Å². The lowest BCUT2D eigenvalue weighted by atomic mass is 10.1. The fourth-order valence-electron chi connectivity index (χ4n) is 3.31. The molecule has 2 rings (SSSR count). The van der Waals surface area contributed by atoms with Crippen LogP contribution >= 0.6 is 11.6 Å². The van der Waals surface area contributed by atoms with Gasteiger partial charge in [0.2, 0.25) is 0 Å². The molecule has 0 saturated carbocycles. The number of nitrogens with zero attached hydrogens (tertiary/aromatic N) is 2. The molecule has 5 nitrogen and oxygen atoms in total. The van der Waals surface area contributed by atoms with Crippen molar-refractivity contribution in [1.29, 1.82) is 5.41 Å². The molecular weight excluding hydrogens is 465 g/mol. The number of para-hydroxylation sites is 1. The predicted octanol–water partition coefficient (Wildman–Crippen LogP) is 6.18. The van der Waals surface area contributed by atoms with Crippen LogP contribution in [0.1, 0.15) is 36.7 Å². The predicted molar refractivity (Wildman–Crippen MR) is 133 cm³/mol. The van der Waals surface area contributed by atoms with Crippen molar-refractivity contribution in [2.45, 2.75) is 26.9 Å². The number of amides is 1. The number of allylic oxidation sites excluding steroid dienone is 1. The minimum atomic E-state index is -4.80. The van der Waals surface area contributed by atoms with Crippen LogP contribution in [0.25, 0.3) is 5.70 Å². The highest BCUT2D eigenvalue weighted by atomic mass is 35.5. The molecule has 0 radical (unpaired) electrons. The lowest BCUT2D eigenvalue weighted by molar-refractivity contribution is -0.0583. The van der Waals surface area contributed by atoms with Crippen LogP contribution in [0.2, 0.25) is 5.02 Å². The van der Waals surface area contributed by atoms with Gasteiger partial charge >= 0.3 is 6.18 Å². The molecule has 0 fully saturated rings. The van der Waals surface area contributed by atoms with Crippen molar-refractivity contribution in [2.24, 2.45) is 0 Å². The first-order valence-corrected chi connectivity index (χ1v) is 11.5. The van der Waals surface area contributed by atoms with Crippen molar-refractivity contribution in [3.63, 3.8) is 0 Å². The van der Waals surface area contributed by atoms with Gasteiger partial charge in [0.15, 0.2) is 0 Å². The van der Waals surface area contributed by atoms with Crippen molar-refractivity contribution >= 4 is 34.6 Å². The van der Waals surface area contributed by atoms with Crippen LogP contribution in [-0.2, 0) is 0 Å². The lowest BCUT2D eigenvalue weighted by Gasteiger charge is -2.25. The highest BCUT2D eigenvalue weighted by Gasteiger charge is 2.33. The maximum atomic E-state index is 13.0. The molecule has 0 unspecified atom stereocenters. The Morgan fingerprint density at radius 3 is 2.09 bits per heavy atom. The Balaban J connectivity index is 2.30. The van der Waals surface area contributed by atoms with Gasteiger partial charge in [-0.2, -0.15) is 13.2 Å². The zero-order chi connectivity index (χ0) is 25.3. The number of rotatable bonds is 11. The summed E-state index contributed by atoms with van der Waals surface area (Å²) in [5.41, 5.74) is -0.233. The molecule has 9 heteroatoms. The topological polar surface area (TPSA) is 59.4 Å². The summed E-state index contributed by atoms with van der Waals surface area (Å²) in [6, 6.07) is 12.9. The number of hydrogen-bond acceptors (Lipinski definition) is 4. The minimum absolute atomic E-state index is 0.0447.